The number of nitrogens with zero attached hydrogens (tertiary/aromatic N) is 2. The Balaban J connectivity index is 1.58. The van der Waals surface area contributed by atoms with E-state index in [9.17, 15) is 0 Å². The average Bonchev–Trinajstić information content (AvgIpc) is 2.82. The van der Waals surface area contributed by atoms with Crippen LogP contribution in [0, 0.1) is 4.64 Å². The number of H-pyrrole nitrogens is 1. The Morgan fingerprint density at radius 2 is 2.18 bits per heavy atom. The molecule has 1 aliphatic heterocycles. The van der Waals surface area contributed by atoms with Crippen molar-refractivity contribution in [3.8, 4) is 0 Å². The van der Waals surface area contributed by atoms with Crippen molar-refractivity contribution in [2.75, 3.05) is 31.5 Å². The van der Waals surface area contributed by atoms with Gasteiger partial charge in [0.25, 0.3) is 0 Å². The van der Waals surface area contributed by atoms with E-state index in [0.29, 0.717) is 4.64 Å². The molecule has 1 aromatic heterocycles. The van der Waals surface area contributed by atoms with E-state index in [1.54, 1.807) is 6.33 Å². The van der Waals surface area contributed by atoms with Crippen LogP contribution in [-0.4, -0.2) is 41.0 Å². The lowest BCUT2D eigenvalue weighted by atomic mass is 10.3. The number of likely N-dealkylation sites (tertiary alicyclic amines) is 1. The van der Waals surface area contributed by atoms with Gasteiger partial charge in [0, 0.05) is 12.6 Å². The fourth-order valence-electron chi connectivity index (χ4n) is 2.16. The first-order valence-corrected chi connectivity index (χ1v) is 6.76. The van der Waals surface area contributed by atoms with E-state index < -0.39 is 0 Å². The molecule has 1 saturated heterocycles. The SMILES string of the molecule is S=c1cc(NCCCCN2CCCC2)[nH]cn1. The van der Waals surface area contributed by atoms with Crippen LogP contribution in [0.4, 0.5) is 5.82 Å². The number of unbranched alkanes of at least 4 members (excludes halogenated alkanes) is 1. The van der Waals surface area contributed by atoms with Crippen molar-refractivity contribution in [3.63, 3.8) is 0 Å². The minimum atomic E-state index is 0.628. The van der Waals surface area contributed by atoms with E-state index in [-0.39, 0.29) is 0 Å². The standard InChI is InChI=1S/C12H20N4S/c17-12-9-11(14-10-15-12)13-5-1-2-6-16-7-3-4-8-16/h9-10H,1-8H2,(H2,13,14,15,17). The first kappa shape index (κ1) is 12.5. The lowest BCUT2D eigenvalue weighted by Crippen LogP contribution is -2.20. The third-order valence-electron chi connectivity index (χ3n) is 3.09. The topological polar surface area (TPSA) is 44.0 Å². The summed E-state index contributed by atoms with van der Waals surface area (Å²) < 4.78 is 0.628. The van der Waals surface area contributed by atoms with Crippen LogP contribution in [0.1, 0.15) is 25.7 Å². The molecule has 0 radical (unpaired) electrons. The number of anilines is 1. The molecule has 1 aliphatic rings. The molecule has 0 atom stereocenters. The van der Waals surface area contributed by atoms with Crippen molar-refractivity contribution >= 4 is 18.0 Å². The molecule has 0 aliphatic carbocycles. The molecule has 0 bridgehead atoms. The maximum atomic E-state index is 5.00. The summed E-state index contributed by atoms with van der Waals surface area (Å²) in [7, 11) is 0. The van der Waals surface area contributed by atoms with Crippen molar-refractivity contribution in [1.82, 2.24) is 14.9 Å². The van der Waals surface area contributed by atoms with Gasteiger partial charge >= 0.3 is 0 Å². The lowest BCUT2D eigenvalue weighted by molar-refractivity contribution is 0.331. The zero-order valence-electron chi connectivity index (χ0n) is 10.1. The molecule has 4 nitrogen and oxygen atoms in total. The van der Waals surface area contributed by atoms with Crippen LogP contribution in [0.2, 0.25) is 0 Å². The van der Waals surface area contributed by atoms with Gasteiger partial charge < -0.3 is 15.2 Å². The van der Waals surface area contributed by atoms with Gasteiger partial charge in [-0.3, -0.25) is 0 Å². The summed E-state index contributed by atoms with van der Waals surface area (Å²) in [5, 5.41) is 3.33. The van der Waals surface area contributed by atoms with E-state index in [4.69, 9.17) is 12.2 Å². The van der Waals surface area contributed by atoms with Gasteiger partial charge in [-0.1, -0.05) is 12.2 Å². The number of rotatable bonds is 6. The van der Waals surface area contributed by atoms with Crippen LogP contribution >= 0.6 is 12.2 Å². The quantitative estimate of drug-likeness (QED) is 0.603. The zero-order chi connectivity index (χ0) is 11.9. The van der Waals surface area contributed by atoms with Crippen LogP contribution < -0.4 is 5.32 Å². The third-order valence-corrected chi connectivity index (χ3v) is 3.32. The molecule has 17 heavy (non-hydrogen) atoms. The van der Waals surface area contributed by atoms with Crippen molar-refractivity contribution in [1.29, 1.82) is 0 Å². The summed E-state index contributed by atoms with van der Waals surface area (Å²) >= 11 is 5.00. The second kappa shape index (κ2) is 6.71. The molecule has 0 amide bonds. The summed E-state index contributed by atoms with van der Waals surface area (Å²) in [4.78, 5) is 9.55. The monoisotopic (exact) mass is 252 g/mol. The number of aromatic nitrogens is 2. The smallest absolute Gasteiger partial charge is 0.131 e. The third kappa shape index (κ3) is 4.44. The normalized spacial score (nSPS) is 16.2. The minimum Gasteiger partial charge on any atom is -0.372 e. The molecule has 2 rings (SSSR count). The van der Waals surface area contributed by atoms with Gasteiger partial charge in [-0.15, -0.1) is 0 Å². The molecular weight excluding hydrogens is 232 g/mol. The van der Waals surface area contributed by atoms with Gasteiger partial charge in [0.1, 0.15) is 10.5 Å². The second-order valence-corrected chi connectivity index (χ2v) is 4.90. The lowest BCUT2D eigenvalue weighted by Gasteiger charge is -2.14. The Bertz CT molecular complexity index is 384. The molecule has 0 spiro atoms. The number of aromatic amines is 1. The highest BCUT2D eigenvalue weighted by Gasteiger charge is 2.09. The minimum absolute atomic E-state index is 0.628. The molecule has 1 aromatic rings. The van der Waals surface area contributed by atoms with Crippen molar-refractivity contribution in [2.45, 2.75) is 25.7 Å². The van der Waals surface area contributed by atoms with Crippen LogP contribution in [0.5, 0.6) is 0 Å². The Morgan fingerprint density at radius 3 is 2.94 bits per heavy atom. The first-order chi connectivity index (χ1) is 8.34. The number of hydrogen-bond acceptors (Lipinski definition) is 4. The highest BCUT2D eigenvalue weighted by Crippen LogP contribution is 2.08. The maximum Gasteiger partial charge on any atom is 0.131 e. The van der Waals surface area contributed by atoms with Gasteiger partial charge in [0.15, 0.2) is 0 Å². The molecule has 0 unspecified atom stereocenters. The van der Waals surface area contributed by atoms with Crippen LogP contribution in [-0.2, 0) is 0 Å². The molecule has 2 N–H and O–H groups in total. The number of nitrogens with one attached hydrogen (secondary N) is 2. The molecule has 2 heterocycles. The summed E-state index contributed by atoms with van der Waals surface area (Å²) in [6.45, 7) is 4.83. The molecule has 5 heteroatoms. The summed E-state index contributed by atoms with van der Waals surface area (Å²) in [6, 6.07) is 1.86. The summed E-state index contributed by atoms with van der Waals surface area (Å²) in [5.41, 5.74) is 0. The fraction of sp³-hybridized carbons (Fsp3) is 0.667. The van der Waals surface area contributed by atoms with E-state index in [1.165, 1.54) is 45.3 Å². The Morgan fingerprint density at radius 1 is 1.35 bits per heavy atom. The Hall–Kier alpha value is -0.940. The zero-order valence-corrected chi connectivity index (χ0v) is 10.9. The molecule has 0 saturated carbocycles. The van der Waals surface area contributed by atoms with Crippen LogP contribution in [0.25, 0.3) is 0 Å². The predicted octanol–water partition coefficient (Wildman–Crippen LogP) is 2.43. The largest absolute Gasteiger partial charge is 0.372 e. The molecule has 0 aromatic carbocycles. The van der Waals surface area contributed by atoms with Gasteiger partial charge in [-0.05, 0) is 45.3 Å². The second-order valence-electron chi connectivity index (χ2n) is 4.48. The van der Waals surface area contributed by atoms with Gasteiger partial charge in [0.2, 0.25) is 0 Å². The van der Waals surface area contributed by atoms with E-state index in [0.717, 1.165) is 12.4 Å². The van der Waals surface area contributed by atoms with E-state index in [1.807, 2.05) is 6.07 Å². The van der Waals surface area contributed by atoms with Gasteiger partial charge in [-0.2, -0.15) is 0 Å². The molecular formula is C12H20N4S. The van der Waals surface area contributed by atoms with Crippen molar-refractivity contribution in [3.05, 3.63) is 17.0 Å². The van der Waals surface area contributed by atoms with Gasteiger partial charge in [0.05, 0.1) is 6.33 Å². The average molecular weight is 252 g/mol. The van der Waals surface area contributed by atoms with Crippen LogP contribution in [0.3, 0.4) is 0 Å². The van der Waals surface area contributed by atoms with Crippen molar-refractivity contribution < 1.29 is 0 Å². The molecule has 1 fully saturated rings. The van der Waals surface area contributed by atoms with Crippen molar-refractivity contribution in [2.24, 2.45) is 0 Å². The van der Waals surface area contributed by atoms with Gasteiger partial charge in [-0.25, -0.2) is 4.98 Å². The predicted molar refractivity (Wildman–Crippen MR) is 72.8 cm³/mol. The van der Waals surface area contributed by atoms with Crippen LogP contribution in [0.15, 0.2) is 12.4 Å². The fourth-order valence-corrected chi connectivity index (χ4v) is 2.33. The van der Waals surface area contributed by atoms with E-state index in [2.05, 4.69) is 20.2 Å². The highest BCUT2D eigenvalue weighted by molar-refractivity contribution is 7.71. The maximum absolute atomic E-state index is 5.00. The summed E-state index contributed by atoms with van der Waals surface area (Å²) in [6.07, 6.45) is 6.85. The van der Waals surface area contributed by atoms with E-state index >= 15 is 0 Å². The molecule has 94 valence electrons. The first-order valence-electron chi connectivity index (χ1n) is 6.35. The highest BCUT2D eigenvalue weighted by atomic mass is 32.1. The number of hydrogen-bond donors (Lipinski definition) is 2. The Kier molecular flexibility index (Phi) is 4.94. The summed E-state index contributed by atoms with van der Waals surface area (Å²) in [5.74, 6) is 0.964. The Labute approximate surface area is 107 Å².